The Balaban J connectivity index is 0.999. The number of pyridine rings is 2. The number of carbonyl (C=O) groups excluding carboxylic acids is 2. The minimum Gasteiger partial charge on any atom is -0.480 e. The molecule has 2 saturated heterocycles. The molecule has 0 radical (unpaired) electrons. The van der Waals surface area contributed by atoms with Crippen molar-refractivity contribution in [1.29, 1.82) is 0 Å². The molecule has 1 aromatic carbocycles. The van der Waals surface area contributed by atoms with Gasteiger partial charge < -0.3 is 34.9 Å². The summed E-state index contributed by atoms with van der Waals surface area (Å²) in [4.78, 5) is 47.4. The van der Waals surface area contributed by atoms with Crippen LogP contribution in [0.4, 0.5) is 21.2 Å². The Kier molecular flexibility index (Phi) is 7.97. The number of hydrogen-bond acceptors (Lipinski definition) is 9. The number of nitrogens with zero attached hydrogens (tertiary/aromatic N) is 4. The predicted octanol–water partition coefficient (Wildman–Crippen LogP) is 3.50. The number of aromatic nitrogens is 2. The standard InChI is InChI=1S/C30H32N6O7/c1-18-23(11-13-35(18)29(38)39)43-27-7-3-6-22(32-27)20-5-2-4-19(14-20)15-31-12-10-21-16-36(30(40)42-21)25-9-8-24-28(33-25)34-26(37)17-41-24/h2-9,14,18,21,23,31H,10-13,15-17H2,1H3,(H,38,39)(H,33,34,37)/t18?,21-,23?/m0/s1. The van der Waals surface area contributed by atoms with Gasteiger partial charge in [0.1, 0.15) is 18.0 Å². The monoisotopic (exact) mass is 588 g/mol. The van der Waals surface area contributed by atoms with E-state index in [1.165, 1.54) is 9.80 Å². The van der Waals surface area contributed by atoms with Crippen LogP contribution in [0.5, 0.6) is 11.6 Å². The maximum atomic E-state index is 12.5. The van der Waals surface area contributed by atoms with Crippen LogP contribution in [0, 0.1) is 0 Å². The van der Waals surface area contributed by atoms with Crippen LogP contribution in [0.2, 0.25) is 0 Å². The van der Waals surface area contributed by atoms with E-state index in [-0.39, 0.29) is 30.8 Å². The van der Waals surface area contributed by atoms with Gasteiger partial charge in [0.15, 0.2) is 18.2 Å². The van der Waals surface area contributed by atoms with E-state index in [1.54, 1.807) is 18.2 Å². The summed E-state index contributed by atoms with van der Waals surface area (Å²) in [6, 6.07) is 16.7. The molecular weight excluding hydrogens is 556 g/mol. The molecule has 3 aromatic rings. The zero-order valence-corrected chi connectivity index (χ0v) is 23.6. The maximum absolute atomic E-state index is 12.5. The molecule has 43 heavy (non-hydrogen) atoms. The van der Waals surface area contributed by atoms with Crippen LogP contribution in [0.3, 0.4) is 0 Å². The summed E-state index contributed by atoms with van der Waals surface area (Å²) in [5.41, 5.74) is 2.77. The van der Waals surface area contributed by atoms with Gasteiger partial charge in [-0.1, -0.05) is 24.3 Å². The van der Waals surface area contributed by atoms with E-state index < -0.39 is 12.2 Å². The predicted molar refractivity (Wildman–Crippen MR) is 155 cm³/mol. The van der Waals surface area contributed by atoms with Gasteiger partial charge in [-0.25, -0.2) is 19.6 Å². The van der Waals surface area contributed by atoms with E-state index >= 15 is 0 Å². The van der Waals surface area contributed by atoms with Crippen molar-refractivity contribution in [3.05, 3.63) is 60.2 Å². The number of likely N-dealkylation sites (tertiary alicyclic amines) is 1. The van der Waals surface area contributed by atoms with Gasteiger partial charge in [0.25, 0.3) is 5.91 Å². The minimum atomic E-state index is -0.937. The van der Waals surface area contributed by atoms with Crippen molar-refractivity contribution in [1.82, 2.24) is 20.2 Å². The third-order valence-electron chi connectivity index (χ3n) is 7.73. The number of cyclic esters (lactones) is 1. The quantitative estimate of drug-likeness (QED) is 0.316. The van der Waals surface area contributed by atoms with Crippen LogP contribution < -0.4 is 25.0 Å². The first-order valence-corrected chi connectivity index (χ1v) is 14.2. The first-order chi connectivity index (χ1) is 20.8. The highest BCUT2D eigenvalue weighted by Crippen LogP contribution is 2.30. The fourth-order valence-electron chi connectivity index (χ4n) is 5.43. The number of ether oxygens (including phenoxy) is 3. The molecule has 2 fully saturated rings. The number of benzene rings is 1. The molecule has 0 saturated carbocycles. The van der Waals surface area contributed by atoms with Crippen molar-refractivity contribution in [3.8, 4) is 22.9 Å². The van der Waals surface area contributed by atoms with E-state index in [0.717, 1.165) is 16.8 Å². The van der Waals surface area contributed by atoms with Crippen molar-refractivity contribution in [3.63, 3.8) is 0 Å². The molecule has 3 N–H and O–H groups in total. The van der Waals surface area contributed by atoms with E-state index in [1.807, 2.05) is 37.3 Å². The molecule has 0 spiro atoms. The molecule has 3 aliphatic heterocycles. The van der Waals surface area contributed by atoms with E-state index in [9.17, 15) is 19.5 Å². The number of amides is 3. The van der Waals surface area contributed by atoms with Crippen LogP contribution in [0.25, 0.3) is 11.3 Å². The molecule has 0 bridgehead atoms. The van der Waals surface area contributed by atoms with Crippen LogP contribution in [0.15, 0.2) is 54.6 Å². The molecule has 3 amide bonds. The summed E-state index contributed by atoms with van der Waals surface area (Å²) < 4.78 is 16.9. The Hall–Kier alpha value is -4.91. The van der Waals surface area contributed by atoms with Crippen LogP contribution in [-0.4, -0.2) is 82.6 Å². The molecule has 224 valence electrons. The molecule has 3 aliphatic rings. The van der Waals surface area contributed by atoms with Gasteiger partial charge in [0.2, 0.25) is 5.88 Å². The molecule has 2 unspecified atom stereocenters. The van der Waals surface area contributed by atoms with Gasteiger partial charge in [0, 0.05) is 31.1 Å². The molecule has 2 aromatic heterocycles. The summed E-state index contributed by atoms with van der Waals surface area (Å²) in [6.45, 7) is 3.84. The van der Waals surface area contributed by atoms with Crippen molar-refractivity contribution < 1.29 is 33.7 Å². The lowest BCUT2D eigenvalue weighted by atomic mass is 10.1. The first kappa shape index (κ1) is 28.2. The number of rotatable bonds is 9. The highest BCUT2D eigenvalue weighted by molar-refractivity contribution is 5.95. The van der Waals surface area contributed by atoms with Crippen molar-refractivity contribution >= 4 is 29.7 Å². The summed E-state index contributed by atoms with van der Waals surface area (Å²) in [7, 11) is 0. The van der Waals surface area contributed by atoms with Gasteiger partial charge in [-0.15, -0.1) is 0 Å². The topological polar surface area (TPSA) is 155 Å². The molecule has 0 aliphatic carbocycles. The summed E-state index contributed by atoms with van der Waals surface area (Å²) in [6.07, 6.45) is -0.717. The Labute approximate surface area is 247 Å². The van der Waals surface area contributed by atoms with E-state index in [4.69, 9.17) is 14.2 Å². The fraction of sp³-hybridized carbons (Fsp3) is 0.367. The third-order valence-corrected chi connectivity index (χ3v) is 7.73. The second kappa shape index (κ2) is 12.1. The number of hydrogen-bond donors (Lipinski definition) is 3. The number of carboxylic acid groups (broad SMARTS) is 1. The lowest BCUT2D eigenvalue weighted by Gasteiger charge is -2.22. The van der Waals surface area contributed by atoms with Gasteiger partial charge >= 0.3 is 12.2 Å². The number of nitrogens with one attached hydrogen (secondary N) is 2. The van der Waals surface area contributed by atoms with E-state index in [0.29, 0.717) is 62.3 Å². The lowest BCUT2D eigenvalue weighted by molar-refractivity contribution is -0.118. The average molecular weight is 589 g/mol. The molecule has 13 nitrogen and oxygen atoms in total. The molecule has 13 heteroatoms. The number of fused-ring (bicyclic) bond motifs is 1. The highest BCUT2D eigenvalue weighted by atomic mass is 16.6. The third kappa shape index (κ3) is 6.31. The number of anilines is 2. The van der Waals surface area contributed by atoms with Crippen LogP contribution >= 0.6 is 0 Å². The van der Waals surface area contributed by atoms with Gasteiger partial charge in [-0.2, -0.15) is 0 Å². The smallest absolute Gasteiger partial charge is 0.415 e. The largest absolute Gasteiger partial charge is 0.480 e. The average Bonchev–Trinajstić information content (AvgIpc) is 3.56. The number of carbonyl (C=O) groups is 3. The zero-order chi connectivity index (χ0) is 29.9. The Morgan fingerprint density at radius 1 is 1.16 bits per heavy atom. The van der Waals surface area contributed by atoms with Gasteiger partial charge in [0.05, 0.1) is 18.3 Å². The summed E-state index contributed by atoms with van der Waals surface area (Å²) in [5, 5.41) is 15.4. The van der Waals surface area contributed by atoms with Gasteiger partial charge in [-0.3, -0.25) is 9.69 Å². The highest BCUT2D eigenvalue weighted by Gasteiger charge is 2.36. The Morgan fingerprint density at radius 2 is 2.02 bits per heavy atom. The first-order valence-electron chi connectivity index (χ1n) is 14.2. The van der Waals surface area contributed by atoms with E-state index in [2.05, 4.69) is 26.7 Å². The normalized spacial score (nSPS) is 21.2. The van der Waals surface area contributed by atoms with Crippen LogP contribution in [0.1, 0.15) is 25.3 Å². The zero-order valence-electron chi connectivity index (χ0n) is 23.6. The molecule has 3 atom stereocenters. The molecule has 5 heterocycles. The van der Waals surface area contributed by atoms with Crippen LogP contribution in [-0.2, 0) is 16.1 Å². The van der Waals surface area contributed by atoms with Gasteiger partial charge in [-0.05, 0) is 49.7 Å². The lowest BCUT2D eigenvalue weighted by Crippen LogP contribution is -2.38. The minimum absolute atomic E-state index is 0.0609. The molecular formula is C30H32N6O7. The Bertz CT molecular complexity index is 1530. The molecule has 6 rings (SSSR count). The SMILES string of the molecule is CC1C(Oc2cccc(-c3cccc(CNCC[C@H]4CN(c5ccc6c(n5)NC(=O)CO6)C(=O)O4)c3)n2)CCN1C(=O)O. The maximum Gasteiger partial charge on any atom is 0.415 e. The summed E-state index contributed by atoms with van der Waals surface area (Å²) in [5.74, 6) is 1.32. The Morgan fingerprint density at radius 3 is 2.86 bits per heavy atom. The fourth-order valence-corrected chi connectivity index (χ4v) is 5.43. The second-order valence-electron chi connectivity index (χ2n) is 10.7. The second-order valence-corrected chi connectivity index (χ2v) is 10.7. The van der Waals surface area contributed by atoms with Crippen molar-refractivity contribution in [2.75, 3.05) is 36.5 Å². The summed E-state index contributed by atoms with van der Waals surface area (Å²) >= 11 is 0. The van der Waals surface area contributed by atoms with Crippen molar-refractivity contribution in [2.45, 2.75) is 44.6 Å². The van der Waals surface area contributed by atoms with Crippen molar-refractivity contribution in [2.24, 2.45) is 0 Å².